The zero-order valence-electron chi connectivity index (χ0n) is 12.9. The third kappa shape index (κ3) is 2.89. The van der Waals surface area contributed by atoms with E-state index in [2.05, 4.69) is 12.0 Å². The number of carbonyl (C=O) groups excluding carboxylic acids is 1. The fraction of sp³-hybridized carbons (Fsp3) is 0.412. The van der Waals surface area contributed by atoms with E-state index in [9.17, 15) is 9.18 Å². The number of aromatic nitrogens is 2. The Morgan fingerprint density at radius 2 is 2.05 bits per heavy atom. The van der Waals surface area contributed by atoms with Gasteiger partial charge in [-0.1, -0.05) is 6.92 Å². The molecule has 3 rings (SSSR count). The molecule has 0 saturated carbocycles. The molecule has 22 heavy (non-hydrogen) atoms. The van der Waals surface area contributed by atoms with E-state index in [4.69, 9.17) is 0 Å². The summed E-state index contributed by atoms with van der Waals surface area (Å²) in [5.41, 5.74) is 2.07. The quantitative estimate of drug-likeness (QED) is 0.854. The van der Waals surface area contributed by atoms with E-state index in [1.165, 1.54) is 18.6 Å². The van der Waals surface area contributed by atoms with Crippen LogP contribution in [-0.2, 0) is 0 Å². The van der Waals surface area contributed by atoms with Gasteiger partial charge in [0.1, 0.15) is 5.82 Å². The van der Waals surface area contributed by atoms with Crippen LogP contribution in [0.3, 0.4) is 0 Å². The second kappa shape index (κ2) is 5.91. The number of carbonyl (C=O) groups is 1. The van der Waals surface area contributed by atoms with Gasteiger partial charge in [0.25, 0.3) is 5.91 Å². The van der Waals surface area contributed by atoms with E-state index < -0.39 is 0 Å². The molecule has 1 aliphatic heterocycles. The summed E-state index contributed by atoms with van der Waals surface area (Å²) in [6, 6.07) is 7.90. The number of hydrogen-bond acceptors (Lipinski definition) is 2. The van der Waals surface area contributed by atoms with Crippen LogP contribution in [0.1, 0.15) is 35.9 Å². The molecule has 1 aliphatic rings. The molecule has 1 unspecified atom stereocenters. The first-order chi connectivity index (χ1) is 10.5. The summed E-state index contributed by atoms with van der Waals surface area (Å²) in [6.45, 7) is 5.65. The zero-order chi connectivity index (χ0) is 15.7. The predicted molar refractivity (Wildman–Crippen MR) is 82.6 cm³/mol. The average Bonchev–Trinajstić information content (AvgIpc) is 2.89. The summed E-state index contributed by atoms with van der Waals surface area (Å²) in [6.07, 6.45) is 2.22. The highest BCUT2D eigenvalue weighted by atomic mass is 19.1. The lowest BCUT2D eigenvalue weighted by Crippen LogP contribution is -2.39. The van der Waals surface area contributed by atoms with Crippen LogP contribution in [0, 0.1) is 18.7 Å². The molecule has 1 aromatic heterocycles. The van der Waals surface area contributed by atoms with Gasteiger partial charge in [-0.2, -0.15) is 5.10 Å². The largest absolute Gasteiger partial charge is 0.337 e. The van der Waals surface area contributed by atoms with Gasteiger partial charge in [0.2, 0.25) is 0 Å². The highest BCUT2D eigenvalue weighted by molar-refractivity contribution is 5.92. The van der Waals surface area contributed by atoms with Crippen LogP contribution in [-0.4, -0.2) is 33.7 Å². The van der Waals surface area contributed by atoms with E-state index in [1.807, 2.05) is 11.8 Å². The van der Waals surface area contributed by atoms with Crippen molar-refractivity contribution >= 4 is 5.91 Å². The minimum absolute atomic E-state index is 0.0180. The minimum Gasteiger partial charge on any atom is -0.337 e. The molecule has 1 fully saturated rings. The van der Waals surface area contributed by atoms with Crippen molar-refractivity contribution in [1.82, 2.24) is 14.7 Å². The highest BCUT2D eigenvalue weighted by Crippen LogP contribution is 2.19. The average molecular weight is 301 g/mol. The van der Waals surface area contributed by atoms with Gasteiger partial charge in [0.05, 0.1) is 5.69 Å². The second-order valence-corrected chi connectivity index (χ2v) is 6.06. The molecule has 1 aromatic carbocycles. The molecule has 1 atom stereocenters. The second-order valence-electron chi connectivity index (χ2n) is 6.06. The number of benzene rings is 1. The molecule has 0 aliphatic carbocycles. The zero-order valence-corrected chi connectivity index (χ0v) is 12.9. The number of likely N-dealkylation sites (tertiary alicyclic amines) is 1. The molecule has 0 radical (unpaired) electrons. The van der Waals surface area contributed by atoms with E-state index in [1.54, 1.807) is 22.9 Å². The van der Waals surface area contributed by atoms with Gasteiger partial charge in [-0.3, -0.25) is 4.79 Å². The number of piperidine rings is 1. The lowest BCUT2D eigenvalue weighted by Gasteiger charge is -2.30. The fourth-order valence-corrected chi connectivity index (χ4v) is 2.96. The van der Waals surface area contributed by atoms with Crippen LogP contribution in [0.4, 0.5) is 4.39 Å². The van der Waals surface area contributed by atoms with Crippen LogP contribution < -0.4 is 0 Å². The van der Waals surface area contributed by atoms with Gasteiger partial charge in [-0.05, 0) is 56.0 Å². The Balaban J connectivity index is 1.85. The normalized spacial score (nSPS) is 18.5. The lowest BCUT2D eigenvalue weighted by molar-refractivity contribution is 0.0676. The molecule has 116 valence electrons. The van der Waals surface area contributed by atoms with Crippen molar-refractivity contribution in [3.8, 4) is 5.69 Å². The van der Waals surface area contributed by atoms with Crippen molar-refractivity contribution < 1.29 is 9.18 Å². The van der Waals surface area contributed by atoms with Crippen molar-refractivity contribution in [3.63, 3.8) is 0 Å². The summed E-state index contributed by atoms with van der Waals surface area (Å²) in [5, 5.41) is 4.41. The highest BCUT2D eigenvalue weighted by Gasteiger charge is 2.24. The van der Waals surface area contributed by atoms with Crippen LogP contribution in [0.15, 0.2) is 30.3 Å². The minimum atomic E-state index is -0.285. The number of halogens is 1. The number of rotatable bonds is 2. The summed E-state index contributed by atoms with van der Waals surface area (Å²) >= 11 is 0. The van der Waals surface area contributed by atoms with E-state index in [0.29, 0.717) is 11.6 Å². The monoisotopic (exact) mass is 301 g/mol. The van der Waals surface area contributed by atoms with Gasteiger partial charge >= 0.3 is 0 Å². The standard InChI is InChI=1S/C17H20FN3O/c1-12-4-3-9-20(11-12)17(22)16-10-13(2)21(19-16)15-7-5-14(18)6-8-15/h5-8,10,12H,3-4,9,11H2,1-2H3. The van der Waals surface area contributed by atoms with Gasteiger partial charge in [0.15, 0.2) is 5.69 Å². The lowest BCUT2D eigenvalue weighted by atomic mass is 10.00. The van der Waals surface area contributed by atoms with Crippen molar-refractivity contribution in [2.45, 2.75) is 26.7 Å². The SMILES string of the molecule is Cc1cc(C(=O)N2CCCC(C)C2)nn1-c1ccc(F)cc1. The van der Waals surface area contributed by atoms with Crippen molar-refractivity contribution in [2.24, 2.45) is 5.92 Å². The third-order valence-corrected chi connectivity index (χ3v) is 4.12. The van der Waals surface area contributed by atoms with Crippen LogP contribution >= 0.6 is 0 Å². The summed E-state index contributed by atoms with van der Waals surface area (Å²) in [4.78, 5) is 14.5. The molecule has 0 bridgehead atoms. The van der Waals surface area contributed by atoms with Crippen LogP contribution in [0.5, 0.6) is 0 Å². The maximum absolute atomic E-state index is 13.0. The number of nitrogens with zero attached hydrogens (tertiary/aromatic N) is 3. The molecule has 1 saturated heterocycles. The maximum atomic E-state index is 13.0. The van der Waals surface area contributed by atoms with Gasteiger partial charge in [0, 0.05) is 18.8 Å². The Morgan fingerprint density at radius 3 is 2.73 bits per heavy atom. The Labute approximate surface area is 129 Å². The number of hydrogen-bond donors (Lipinski definition) is 0. The Hall–Kier alpha value is -2.17. The molecule has 2 aromatic rings. The molecule has 0 N–H and O–H groups in total. The van der Waals surface area contributed by atoms with Gasteiger partial charge in [-0.15, -0.1) is 0 Å². The molecular formula is C17H20FN3O. The van der Waals surface area contributed by atoms with Crippen molar-refractivity contribution in [3.05, 3.63) is 47.5 Å². The first-order valence-electron chi connectivity index (χ1n) is 7.66. The molecule has 0 spiro atoms. The number of amides is 1. The maximum Gasteiger partial charge on any atom is 0.274 e. The van der Waals surface area contributed by atoms with Crippen molar-refractivity contribution in [2.75, 3.05) is 13.1 Å². The van der Waals surface area contributed by atoms with E-state index in [-0.39, 0.29) is 11.7 Å². The fourth-order valence-electron chi connectivity index (χ4n) is 2.96. The topological polar surface area (TPSA) is 38.1 Å². The van der Waals surface area contributed by atoms with Crippen LogP contribution in [0.2, 0.25) is 0 Å². The van der Waals surface area contributed by atoms with Gasteiger partial charge in [-0.25, -0.2) is 9.07 Å². The number of aryl methyl sites for hydroxylation is 1. The molecule has 1 amide bonds. The third-order valence-electron chi connectivity index (χ3n) is 4.12. The molecule has 4 nitrogen and oxygen atoms in total. The van der Waals surface area contributed by atoms with E-state index in [0.717, 1.165) is 30.9 Å². The molecule has 5 heteroatoms. The van der Waals surface area contributed by atoms with E-state index >= 15 is 0 Å². The Morgan fingerprint density at radius 1 is 1.32 bits per heavy atom. The van der Waals surface area contributed by atoms with Crippen LogP contribution in [0.25, 0.3) is 5.69 Å². The Bertz CT molecular complexity index is 678. The molecule has 2 heterocycles. The smallest absolute Gasteiger partial charge is 0.274 e. The summed E-state index contributed by atoms with van der Waals surface area (Å²) < 4.78 is 14.7. The first kappa shape index (κ1) is 14.8. The summed E-state index contributed by atoms with van der Waals surface area (Å²) in [5.74, 6) is 0.237. The summed E-state index contributed by atoms with van der Waals surface area (Å²) in [7, 11) is 0. The molecular weight excluding hydrogens is 281 g/mol. The first-order valence-corrected chi connectivity index (χ1v) is 7.66. The van der Waals surface area contributed by atoms with Gasteiger partial charge < -0.3 is 4.90 Å². The predicted octanol–water partition coefficient (Wildman–Crippen LogP) is 3.19. The Kier molecular flexibility index (Phi) is 3.96. The van der Waals surface area contributed by atoms with Crippen molar-refractivity contribution in [1.29, 1.82) is 0 Å².